The van der Waals surface area contributed by atoms with Crippen LogP contribution in [0, 0.1) is 13.8 Å². The second-order valence-electron chi connectivity index (χ2n) is 2.54. The molecule has 0 spiro atoms. The molecule has 1 heterocycles. The minimum atomic E-state index is 1.34. The van der Waals surface area contributed by atoms with Gasteiger partial charge in [0.15, 0.2) is 0 Å². The maximum Gasteiger partial charge on any atom is 0.0774 e. The van der Waals surface area contributed by atoms with Crippen molar-refractivity contribution in [1.82, 2.24) is 4.57 Å². The highest BCUT2D eigenvalue weighted by molar-refractivity contribution is 7.98. The molecule has 0 N–H and O–H groups in total. The molecule has 0 aliphatic heterocycles. The van der Waals surface area contributed by atoms with E-state index in [1.165, 1.54) is 16.3 Å². The summed E-state index contributed by atoms with van der Waals surface area (Å²) in [6.45, 7) is 4.28. The monoisotopic (exact) mass is 155 g/mol. The molecule has 0 fully saturated rings. The van der Waals surface area contributed by atoms with Gasteiger partial charge < -0.3 is 4.57 Å². The molecule has 2 heteroatoms. The molecule has 10 heavy (non-hydrogen) atoms. The lowest BCUT2D eigenvalue weighted by Gasteiger charge is -2.01. The van der Waals surface area contributed by atoms with Gasteiger partial charge in [-0.1, -0.05) is 0 Å². The van der Waals surface area contributed by atoms with Gasteiger partial charge in [-0.25, -0.2) is 0 Å². The molecule has 0 aliphatic carbocycles. The van der Waals surface area contributed by atoms with Crippen molar-refractivity contribution < 1.29 is 0 Å². The third-order valence-corrected chi connectivity index (χ3v) is 2.77. The highest BCUT2D eigenvalue weighted by Crippen LogP contribution is 2.22. The Morgan fingerprint density at radius 2 is 2.00 bits per heavy atom. The Kier molecular flexibility index (Phi) is 2.09. The molecule has 0 aromatic carbocycles. The van der Waals surface area contributed by atoms with Crippen molar-refractivity contribution in [3.8, 4) is 0 Å². The third-order valence-electron chi connectivity index (χ3n) is 1.79. The van der Waals surface area contributed by atoms with Gasteiger partial charge in [-0.15, -0.1) is 11.8 Å². The van der Waals surface area contributed by atoms with Gasteiger partial charge in [0.05, 0.1) is 5.03 Å². The maximum absolute atomic E-state index is 2.22. The summed E-state index contributed by atoms with van der Waals surface area (Å²) in [6.07, 6.45) is 2.11. The number of hydrogen-bond acceptors (Lipinski definition) is 1. The fraction of sp³-hybridized carbons (Fsp3) is 0.500. The van der Waals surface area contributed by atoms with Gasteiger partial charge in [-0.2, -0.15) is 0 Å². The van der Waals surface area contributed by atoms with Crippen molar-refractivity contribution in [2.45, 2.75) is 18.9 Å². The van der Waals surface area contributed by atoms with E-state index in [-0.39, 0.29) is 0 Å². The first-order valence-corrected chi connectivity index (χ1v) is 4.56. The van der Waals surface area contributed by atoms with Gasteiger partial charge >= 0.3 is 0 Å². The van der Waals surface area contributed by atoms with Crippen molar-refractivity contribution in [2.75, 3.05) is 6.26 Å². The van der Waals surface area contributed by atoms with Crippen LogP contribution in [0.2, 0.25) is 0 Å². The number of hydrogen-bond donors (Lipinski definition) is 0. The van der Waals surface area contributed by atoms with E-state index in [0.29, 0.717) is 0 Å². The molecule has 56 valence electrons. The van der Waals surface area contributed by atoms with Gasteiger partial charge in [-0.3, -0.25) is 0 Å². The summed E-state index contributed by atoms with van der Waals surface area (Å²) in [5.41, 5.74) is 2.72. The summed E-state index contributed by atoms with van der Waals surface area (Å²) in [4.78, 5) is 0. The highest BCUT2D eigenvalue weighted by atomic mass is 32.2. The molecule has 1 aromatic rings. The minimum Gasteiger partial charge on any atom is -0.343 e. The molecular weight excluding hydrogens is 142 g/mol. The number of aromatic nitrogens is 1. The average Bonchev–Trinajstić information content (AvgIpc) is 2.09. The molecule has 0 radical (unpaired) electrons. The molecule has 0 bridgehead atoms. The molecule has 1 rings (SSSR count). The van der Waals surface area contributed by atoms with E-state index in [2.05, 4.69) is 37.8 Å². The molecule has 1 nitrogen and oxygen atoms in total. The fourth-order valence-corrected chi connectivity index (χ4v) is 1.99. The smallest absolute Gasteiger partial charge is 0.0774 e. The number of thioether (sulfide) groups is 1. The van der Waals surface area contributed by atoms with Crippen molar-refractivity contribution in [2.24, 2.45) is 7.05 Å². The predicted molar refractivity (Wildman–Crippen MR) is 46.7 cm³/mol. The number of nitrogens with zero attached hydrogens (tertiary/aromatic N) is 1. The summed E-state index contributed by atoms with van der Waals surface area (Å²) < 4.78 is 2.22. The molecular formula is C8H13NS. The van der Waals surface area contributed by atoms with Gasteiger partial charge in [0.2, 0.25) is 0 Å². The van der Waals surface area contributed by atoms with Gasteiger partial charge in [0.25, 0.3) is 0 Å². The summed E-state index contributed by atoms with van der Waals surface area (Å²) in [6, 6.07) is 2.21. The van der Waals surface area contributed by atoms with E-state index in [9.17, 15) is 0 Å². The Labute approximate surface area is 66.4 Å². The van der Waals surface area contributed by atoms with Gasteiger partial charge in [-0.05, 0) is 31.7 Å². The van der Waals surface area contributed by atoms with Crippen LogP contribution in [0.1, 0.15) is 11.3 Å². The molecule has 0 saturated carbocycles. The van der Waals surface area contributed by atoms with E-state index in [1.807, 2.05) is 0 Å². The summed E-state index contributed by atoms with van der Waals surface area (Å²) in [5, 5.41) is 1.37. The van der Waals surface area contributed by atoms with E-state index in [4.69, 9.17) is 0 Å². The Balaban J connectivity index is 3.20. The highest BCUT2D eigenvalue weighted by Gasteiger charge is 2.03. The van der Waals surface area contributed by atoms with Crippen LogP contribution in [0.4, 0.5) is 0 Å². The number of rotatable bonds is 1. The predicted octanol–water partition coefficient (Wildman–Crippen LogP) is 2.36. The van der Waals surface area contributed by atoms with Crippen molar-refractivity contribution in [3.05, 3.63) is 17.3 Å². The first kappa shape index (κ1) is 7.73. The summed E-state index contributed by atoms with van der Waals surface area (Å²) in [7, 11) is 2.11. The molecule has 0 atom stereocenters. The van der Waals surface area contributed by atoms with Crippen LogP contribution in [0.3, 0.4) is 0 Å². The quantitative estimate of drug-likeness (QED) is 0.564. The molecule has 0 amide bonds. The van der Waals surface area contributed by atoms with E-state index in [0.717, 1.165) is 0 Å². The lowest BCUT2D eigenvalue weighted by molar-refractivity contribution is 0.790. The summed E-state index contributed by atoms with van der Waals surface area (Å²) >= 11 is 1.81. The first-order valence-electron chi connectivity index (χ1n) is 3.33. The topological polar surface area (TPSA) is 4.93 Å². The van der Waals surface area contributed by atoms with Crippen LogP contribution in [0.15, 0.2) is 11.1 Å². The van der Waals surface area contributed by atoms with Crippen LogP contribution in [0.5, 0.6) is 0 Å². The van der Waals surface area contributed by atoms with Crippen LogP contribution in [-0.4, -0.2) is 10.8 Å². The molecule has 0 unspecified atom stereocenters. The zero-order valence-corrected chi connectivity index (χ0v) is 7.75. The lowest BCUT2D eigenvalue weighted by atomic mass is 10.3. The van der Waals surface area contributed by atoms with Crippen LogP contribution >= 0.6 is 11.8 Å². The average molecular weight is 155 g/mol. The lowest BCUT2D eigenvalue weighted by Crippen LogP contribution is -1.91. The largest absolute Gasteiger partial charge is 0.343 e. The fourth-order valence-electron chi connectivity index (χ4n) is 1.19. The summed E-state index contributed by atoms with van der Waals surface area (Å²) in [5.74, 6) is 0. The Morgan fingerprint density at radius 1 is 1.40 bits per heavy atom. The molecule has 1 aromatic heterocycles. The van der Waals surface area contributed by atoms with Gasteiger partial charge in [0.1, 0.15) is 0 Å². The van der Waals surface area contributed by atoms with Crippen molar-refractivity contribution in [3.63, 3.8) is 0 Å². The second-order valence-corrected chi connectivity index (χ2v) is 3.33. The van der Waals surface area contributed by atoms with E-state index in [1.54, 1.807) is 11.8 Å². The number of aryl methyl sites for hydroxylation is 2. The van der Waals surface area contributed by atoms with Crippen LogP contribution < -0.4 is 0 Å². The van der Waals surface area contributed by atoms with Crippen molar-refractivity contribution >= 4 is 11.8 Å². The Hall–Kier alpha value is -0.370. The zero-order valence-electron chi connectivity index (χ0n) is 6.93. The molecule has 0 aliphatic rings. The minimum absolute atomic E-state index is 1.34. The Bertz CT molecular complexity index is 238. The van der Waals surface area contributed by atoms with Gasteiger partial charge in [0, 0.05) is 12.7 Å². The first-order chi connectivity index (χ1) is 4.66. The maximum atomic E-state index is 2.22. The molecule has 0 saturated heterocycles. The SMILES string of the molecule is CSc1c(C)cc(C)n1C. The third kappa shape index (κ3) is 1.08. The van der Waals surface area contributed by atoms with Crippen LogP contribution in [0.25, 0.3) is 0 Å². The van der Waals surface area contributed by atoms with Crippen molar-refractivity contribution in [1.29, 1.82) is 0 Å². The van der Waals surface area contributed by atoms with Crippen LogP contribution in [-0.2, 0) is 7.05 Å². The standard InChI is InChI=1S/C8H13NS/c1-6-5-7(2)9(3)8(6)10-4/h5H,1-4H3. The zero-order chi connectivity index (χ0) is 7.72. The van der Waals surface area contributed by atoms with E-state index >= 15 is 0 Å². The Morgan fingerprint density at radius 3 is 2.20 bits per heavy atom. The normalized spacial score (nSPS) is 10.4. The van der Waals surface area contributed by atoms with E-state index < -0.39 is 0 Å². The second kappa shape index (κ2) is 2.70.